The second kappa shape index (κ2) is 6.44. The van der Waals surface area contributed by atoms with Crippen LogP contribution < -0.4 is 5.32 Å². The average molecular weight is 348 g/mol. The highest BCUT2D eigenvalue weighted by Gasteiger charge is 2.29. The van der Waals surface area contributed by atoms with E-state index >= 15 is 0 Å². The average Bonchev–Trinajstić information content (AvgIpc) is 3.25. The summed E-state index contributed by atoms with van der Waals surface area (Å²) < 4.78 is 18.9. The van der Waals surface area contributed by atoms with Gasteiger partial charge in [0.1, 0.15) is 5.82 Å². The number of hydrogen-bond donors (Lipinski definition) is 2. The van der Waals surface area contributed by atoms with E-state index in [2.05, 4.69) is 15.5 Å². The van der Waals surface area contributed by atoms with E-state index in [1.807, 2.05) is 0 Å². The van der Waals surface area contributed by atoms with Crippen LogP contribution in [-0.2, 0) is 0 Å². The molecule has 2 aromatic rings. The maximum absolute atomic E-state index is 13.7. The number of aliphatic hydroxyl groups is 1. The number of nitrogens with one attached hydrogen (secondary N) is 1. The number of hydrogen-bond acceptors (Lipinski definition) is 5. The molecule has 0 bridgehead atoms. The fraction of sp³-hybridized carbons (Fsp3) is 0.471. The highest BCUT2D eigenvalue weighted by atomic mass is 19.1. The molecule has 8 heteroatoms. The van der Waals surface area contributed by atoms with Gasteiger partial charge in [0.25, 0.3) is 5.89 Å². The quantitative estimate of drug-likeness (QED) is 0.867. The zero-order valence-electron chi connectivity index (χ0n) is 14.4. The maximum Gasteiger partial charge on any atom is 0.321 e. The maximum atomic E-state index is 13.7. The summed E-state index contributed by atoms with van der Waals surface area (Å²) in [5.74, 6) is 0.614. The molecule has 1 aliphatic rings. The van der Waals surface area contributed by atoms with Crippen LogP contribution in [0.1, 0.15) is 38.4 Å². The summed E-state index contributed by atoms with van der Waals surface area (Å²) in [5, 5.41) is 16.4. The van der Waals surface area contributed by atoms with Gasteiger partial charge in [-0.1, -0.05) is 5.16 Å². The number of halogens is 1. The number of aromatic nitrogens is 2. The minimum absolute atomic E-state index is 0.141. The molecule has 2 N–H and O–H groups in total. The van der Waals surface area contributed by atoms with E-state index in [1.54, 1.807) is 20.9 Å². The van der Waals surface area contributed by atoms with Crippen molar-refractivity contribution in [2.75, 3.05) is 18.9 Å². The van der Waals surface area contributed by atoms with Gasteiger partial charge in [0.15, 0.2) is 5.82 Å². The number of benzene rings is 1. The van der Waals surface area contributed by atoms with Crippen LogP contribution in [0.2, 0.25) is 0 Å². The van der Waals surface area contributed by atoms with Crippen molar-refractivity contribution < 1.29 is 18.8 Å². The first-order chi connectivity index (χ1) is 11.7. The number of likely N-dealkylation sites (N-methyl/N-ethyl adjacent to an activating group) is 1. The van der Waals surface area contributed by atoms with E-state index in [0.717, 1.165) is 12.8 Å². The van der Waals surface area contributed by atoms with Crippen LogP contribution in [0.4, 0.5) is 14.9 Å². The zero-order valence-corrected chi connectivity index (χ0v) is 14.4. The lowest BCUT2D eigenvalue weighted by Gasteiger charge is -2.26. The van der Waals surface area contributed by atoms with E-state index < -0.39 is 17.4 Å². The first kappa shape index (κ1) is 17.3. The zero-order chi connectivity index (χ0) is 18.2. The van der Waals surface area contributed by atoms with Gasteiger partial charge in [-0.3, -0.25) is 0 Å². The molecule has 0 unspecified atom stereocenters. The molecular weight excluding hydrogens is 327 g/mol. The van der Waals surface area contributed by atoms with Crippen LogP contribution in [0.25, 0.3) is 11.5 Å². The van der Waals surface area contributed by atoms with Crippen LogP contribution in [0, 0.1) is 5.82 Å². The van der Waals surface area contributed by atoms with E-state index in [4.69, 9.17) is 4.52 Å². The minimum Gasteiger partial charge on any atom is -0.389 e. The number of amides is 2. The van der Waals surface area contributed by atoms with Crippen molar-refractivity contribution in [1.29, 1.82) is 0 Å². The third-order valence-corrected chi connectivity index (χ3v) is 3.81. The molecule has 2 amide bonds. The molecule has 1 heterocycles. The Morgan fingerprint density at radius 3 is 2.84 bits per heavy atom. The van der Waals surface area contributed by atoms with Gasteiger partial charge in [-0.2, -0.15) is 4.98 Å². The van der Waals surface area contributed by atoms with E-state index in [0.29, 0.717) is 23.0 Å². The van der Waals surface area contributed by atoms with E-state index in [9.17, 15) is 14.3 Å². The Morgan fingerprint density at radius 1 is 1.48 bits per heavy atom. The molecule has 0 saturated heterocycles. The molecule has 0 radical (unpaired) electrons. The van der Waals surface area contributed by atoms with Gasteiger partial charge in [0.05, 0.1) is 23.4 Å². The smallest absolute Gasteiger partial charge is 0.321 e. The molecule has 3 rings (SSSR count). The summed E-state index contributed by atoms with van der Waals surface area (Å²) in [7, 11) is 1.56. The van der Waals surface area contributed by atoms with Crippen LogP contribution in [0.15, 0.2) is 22.7 Å². The fourth-order valence-electron chi connectivity index (χ4n) is 2.52. The number of rotatable bonds is 5. The van der Waals surface area contributed by atoms with Gasteiger partial charge >= 0.3 is 6.03 Å². The van der Waals surface area contributed by atoms with Crippen LogP contribution >= 0.6 is 0 Å². The highest BCUT2D eigenvalue weighted by Crippen LogP contribution is 2.39. The molecule has 25 heavy (non-hydrogen) atoms. The molecule has 1 aliphatic carbocycles. The van der Waals surface area contributed by atoms with E-state index in [1.165, 1.54) is 23.1 Å². The van der Waals surface area contributed by atoms with Crippen molar-refractivity contribution in [1.82, 2.24) is 15.0 Å². The van der Waals surface area contributed by atoms with Gasteiger partial charge in [0, 0.05) is 13.0 Å². The number of anilines is 1. The standard InChI is InChI=1S/C17H21FN4O3/c1-17(2,24)9-22(3)16(23)19-13-7-6-11(18)8-12(13)15-20-14(21-25-15)10-4-5-10/h6-8,10,24H,4-5,9H2,1-3H3,(H,19,23). The minimum atomic E-state index is -1.02. The summed E-state index contributed by atoms with van der Waals surface area (Å²) in [6.07, 6.45) is 2.04. The lowest BCUT2D eigenvalue weighted by molar-refractivity contribution is 0.0550. The van der Waals surface area contributed by atoms with E-state index in [-0.39, 0.29) is 12.4 Å². The lowest BCUT2D eigenvalue weighted by atomic mass is 10.1. The molecule has 0 aliphatic heterocycles. The van der Waals surface area contributed by atoms with Crippen LogP contribution in [0.5, 0.6) is 0 Å². The number of nitrogens with zero attached hydrogens (tertiary/aromatic N) is 3. The van der Waals surface area contributed by atoms with Gasteiger partial charge in [-0.25, -0.2) is 9.18 Å². The van der Waals surface area contributed by atoms with Crippen molar-refractivity contribution in [3.05, 3.63) is 29.8 Å². The second-order valence-corrected chi connectivity index (χ2v) is 7.02. The van der Waals surface area contributed by atoms with Gasteiger partial charge < -0.3 is 19.8 Å². The fourth-order valence-corrected chi connectivity index (χ4v) is 2.52. The van der Waals surface area contributed by atoms with Crippen molar-refractivity contribution >= 4 is 11.7 Å². The summed E-state index contributed by atoms with van der Waals surface area (Å²) >= 11 is 0. The van der Waals surface area contributed by atoms with Crippen molar-refractivity contribution in [3.63, 3.8) is 0 Å². The molecule has 0 spiro atoms. The molecular formula is C17H21FN4O3. The van der Waals surface area contributed by atoms with Gasteiger partial charge in [-0.05, 0) is 44.9 Å². The molecule has 7 nitrogen and oxygen atoms in total. The second-order valence-electron chi connectivity index (χ2n) is 7.02. The SMILES string of the molecule is CN(CC(C)(C)O)C(=O)Nc1ccc(F)cc1-c1nc(C2CC2)no1. The van der Waals surface area contributed by atoms with Crippen molar-refractivity contribution in [2.45, 2.75) is 38.2 Å². The summed E-state index contributed by atoms with van der Waals surface area (Å²) in [6, 6.07) is 3.50. The Morgan fingerprint density at radius 2 is 2.20 bits per heavy atom. The van der Waals surface area contributed by atoms with Crippen molar-refractivity contribution in [3.8, 4) is 11.5 Å². The summed E-state index contributed by atoms with van der Waals surface area (Å²) in [6.45, 7) is 3.36. The molecule has 1 aromatic heterocycles. The molecule has 0 atom stereocenters. The molecule has 1 saturated carbocycles. The van der Waals surface area contributed by atoms with Crippen LogP contribution in [0.3, 0.4) is 0 Å². The topological polar surface area (TPSA) is 91.5 Å². The molecule has 1 aromatic carbocycles. The Labute approximate surface area is 144 Å². The number of urea groups is 1. The van der Waals surface area contributed by atoms with Crippen molar-refractivity contribution in [2.24, 2.45) is 0 Å². The number of carbonyl (C=O) groups is 1. The summed E-state index contributed by atoms with van der Waals surface area (Å²) in [4.78, 5) is 18.0. The normalized spacial score (nSPS) is 14.4. The molecule has 1 fully saturated rings. The predicted molar refractivity (Wildman–Crippen MR) is 89.6 cm³/mol. The highest BCUT2D eigenvalue weighted by molar-refractivity contribution is 5.93. The monoisotopic (exact) mass is 348 g/mol. The Balaban J connectivity index is 1.82. The third kappa shape index (κ3) is 4.33. The lowest BCUT2D eigenvalue weighted by Crippen LogP contribution is -2.41. The predicted octanol–water partition coefficient (Wildman–Crippen LogP) is 2.99. The Kier molecular flexibility index (Phi) is 4.47. The number of carbonyl (C=O) groups excluding carboxylic acids is 1. The Bertz CT molecular complexity index is 780. The van der Waals surface area contributed by atoms with Gasteiger partial charge in [-0.15, -0.1) is 0 Å². The molecule has 134 valence electrons. The summed E-state index contributed by atoms with van der Waals surface area (Å²) in [5.41, 5.74) is -0.340. The van der Waals surface area contributed by atoms with Crippen LogP contribution in [-0.4, -0.2) is 45.4 Å². The Hall–Kier alpha value is -2.48. The largest absolute Gasteiger partial charge is 0.389 e. The van der Waals surface area contributed by atoms with Gasteiger partial charge in [0.2, 0.25) is 0 Å². The first-order valence-electron chi connectivity index (χ1n) is 8.11. The first-order valence-corrected chi connectivity index (χ1v) is 8.11. The third-order valence-electron chi connectivity index (χ3n) is 3.81.